The van der Waals surface area contributed by atoms with E-state index in [0.717, 1.165) is 59.8 Å². The van der Waals surface area contributed by atoms with E-state index in [2.05, 4.69) is 12.1 Å². The van der Waals surface area contributed by atoms with Crippen LogP contribution in [-0.4, -0.2) is 17.7 Å². The highest BCUT2D eigenvalue weighted by Gasteiger charge is 2.35. The number of benzene rings is 6. The molecule has 0 bridgehead atoms. The van der Waals surface area contributed by atoms with Crippen molar-refractivity contribution in [3.63, 3.8) is 0 Å². The second-order valence-electron chi connectivity index (χ2n) is 14.9. The van der Waals surface area contributed by atoms with Gasteiger partial charge in [-0.2, -0.15) is 0 Å². The van der Waals surface area contributed by atoms with Crippen molar-refractivity contribution in [1.82, 2.24) is 0 Å². The third-order valence-electron chi connectivity index (χ3n) is 10.4. The van der Waals surface area contributed by atoms with E-state index in [4.69, 9.17) is 24.7 Å². The van der Waals surface area contributed by atoms with Gasteiger partial charge in [0.25, 0.3) is 5.97 Å². The van der Waals surface area contributed by atoms with Gasteiger partial charge in [-0.1, -0.05) is 158 Å². The van der Waals surface area contributed by atoms with E-state index < -0.39 is 12.1 Å². The Kier molecular flexibility index (Phi) is 15.9. The summed E-state index contributed by atoms with van der Waals surface area (Å²) in [6, 6.07) is 56.7. The van der Waals surface area contributed by atoms with Crippen molar-refractivity contribution >= 4 is 11.3 Å². The van der Waals surface area contributed by atoms with Gasteiger partial charge in [0, 0.05) is 29.1 Å². The summed E-state index contributed by atoms with van der Waals surface area (Å²) in [5, 5.41) is 11.9. The van der Waals surface area contributed by atoms with Crippen LogP contribution in [0.25, 0.3) is 10.4 Å². The summed E-state index contributed by atoms with van der Waals surface area (Å²) in [5.41, 5.74) is 14.9. The molecular weight excluding hydrogens is 782 g/mol. The lowest BCUT2D eigenvalue weighted by atomic mass is 9.96. The van der Waals surface area contributed by atoms with Gasteiger partial charge in [0.05, 0.1) is 39.1 Å². The van der Waals surface area contributed by atoms with E-state index >= 15 is 0 Å². The summed E-state index contributed by atoms with van der Waals surface area (Å²) in [5.74, 6) is -1.71. The number of aliphatic hydroxyl groups excluding tert-OH is 1. The quantitative estimate of drug-likeness (QED) is 0.0523. The normalized spacial score (nSPS) is 12.4. The topological polar surface area (TPSA) is 83.2 Å². The van der Waals surface area contributed by atoms with Gasteiger partial charge in [0.15, 0.2) is 0 Å². The molecule has 1 aromatic heterocycles. The standard InChI is InChI=1S/C53H52FNO5S/c54-49-25-23-45(24-26-49)52-28-27-50(61-52)33-48-32-46(21-22-47(48)34-55)51(56)31-44(36-57-35-40-13-5-1-6-14-40)29-30-53(58-37-41-15-7-2-8-16-41,59-38-42-17-9-3-10-18-42)60-39-43-19-11-4-12-20-43/h1-28,31-32,51,56H,29-30,33-39,55H2. The fourth-order valence-electron chi connectivity index (χ4n) is 6.98. The zero-order valence-electron chi connectivity index (χ0n) is 34.2. The van der Waals surface area contributed by atoms with Crippen LogP contribution in [0.3, 0.4) is 0 Å². The Morgan fingerprint density at radius 3 is 1.67 bits per heavy atom. The minimum atomic E-state index is -1.45. The van der Waals surface area contributed by atoms with Gasteiger partial charge in [-0.25, -0.2) is 4.39 Å². The summed E-state index contributed by atoms with van der Waals surface area (Å²) in [4.78, 5) is 2.21. The molecular formula is C53H52FNO5S. The van der Waals surface area contributed by atoms with Crippen molar-refractivity contribution in [3.8, 4) is 10.4 Å². The number of hydrogen-bond donors (Lipinski definition) is 2. The van der Waals surface area contributed by atoms with Crippen LogP contribution in [0.15, 0.2) is 188 Å². The Labute approximate surface area is 362 Å². The number of ether oxygens (including phenoxy) is 4. The van der Waals surface area contributed by atoms with Crippen molar-refractivity contribution in [1.29, 1.82) is 0 Å². The first-order valence-corrected chi connectivity index (χ1v) is 21.4. The van der Waals surface area contributed by atoms with Gasteiger partial charge in [-0.05, 0) is 80.8 Å². The first kappa shape index (κ1) is 43.5. The minimum absolute atomic E-state index is 0.257. The molecule has 3 N–H and O–H groups in total. The number of nitrogens with two attached hydrogens (primary N) is 1. The average Bonchev–Trinajstić information content (AvgIpc) is 3.78. The fraction of sp³-hybridized carbons (Fsp3) is 0.208. The van der Waals surface area contributed by atoms with E-state index in [1.165, 1.54) is 12.1 Å². The molecule has 0 aliphatic heterocycles. The smallest absolute Gasteiger partial charge is 0.284 e. The Hall–Kier alpha value is -5.55. The number of aliphatic hydroxyl groups is 1. The Morgan fingerprint density at radius 2 is 1.15 bits per heavy atom. The molecule has 7 aromatic rings. The molecule has 6 aromatic carbocycles. The van der Waals surface area contributed by atoms with Crippen molar-refractivity contribution < 1.29 is 28.4 Å². The van der Waals surface area contributed by atoms with Crippen LogP contribution in [0, 0.1) is 5.82 Å². The van der Waals surface area contributed by atoms with Gasteiger partial charge < -0.3 is 29.8 Å². The van der Waals surface area contributed by atoms with Gasteiger partial charge >= 0.3 is 0 Å². The fourth-order valence-corrected chi connectivity index (χ4v) is 8.01. The average molecular weight is 834 g/mol. The predicted molar refractivity (Wildman–Crippen MR) is 242 cm³/mol. The maximum atomic E-state index is 13.6. The first-order valence-electron chi connectivity index (χ1n) is 20.6. The molecule has 0 saturated heterocycles. The SMILES string of the molecule is NCc1ccc(C(O)C=C(CCC(OCc2ccccc2)(OCc2ccccc2)OCc2ccccc2)COCc2ccccc2)cc1Cc1ccc(-c2ccc(F)cc2)s1. The molecule has 0 aliphatic carbocycles. The highest BCUT2D eigenvalue weighted by atomic mass is 32.1. The largest absolute Gasteiger partial charge is 0.384 e. The maximum Gasteiger partial charge on any atom is 0.284 e. The lowest BCUT2D eigenvalue weighted by molar-refractivity contribution is -0.396. The highest BCUT2D eigenvalue weighted by Crippen LogP contribution is 2.33. The lowest BCUT2D eigenvalue weighted by Gasteiger charge is -2.34. The maximum absolute atomic E-state index is 13.6. The number of hydrogen-bond acceptors (Lipinski definition) is 7. The highest BCUT2D eigenvalue weighted by molar-refractivity contribution is 7.15. The molecule has 1 heterocycles. The van der Waals surface area contributed by atoms with Crippen LogP contribution < -0.4 is 5.73 Å². The Balaban J connectivity index is 1.16. The molecule has 312 valence electrons. The molecule has 0 radical (unpaired) electrons. The molecule has 61 heavy (non-hydrogen) atoms. The summed E-state index contributed by atoms with van der Waals surface area (Å²) in [6.45, 7) is 1.85. The van der Waals surface area contributed by atoms with Gasteiger partial charge in [0.1, 0.15) is 5.82 Å². The molecule has 0 spiro atoms. The monoisotopic (exact) mass is 833 g/mol. The molecule has 6 nitrogen and oxygen atoms in total. The van der Waals surface area contributed by atoms with Crippen molar-refractivity contribution in [3.05, 3.63) is 237 Å². The van der Waals surface area contributed by atoms with E-state index in [1.807, 2.05) is 146 Å². The second kappa shape index (κ2) is 22.3. The Bertz CT molecular complexity index is 2280. The van der Waals surface area contributed by atoms with Crippen LogP contribution in [-0.2, 0) is 58.3 Å². The van der Waals surface area contributed by atoms with Crippen LogP contribution in [0.2, 0.25) is 0 Å². The Morgan fingerprint density at radius 1 is 0.623 bits per heavy atom. The van der Waals surface area contributed by atoms with Crippen molar-refractivity contribution in [2.45, 2.75) is 64.3 Å². The molecule has 1 unspecified atom stereocenters. The zero-order chi connectivity index (χ0) is 42.1. The molecule has 0 aliphatic rings. The number of thiophene rings is 1. The number of halogens is 1. The summed E-state index contributed by atoms with van der Waals surface area (Å²) >= 11 is 1.66. The zero-order valence-corrected chi connectivity index (χ0v) is 35.0. The summed E-state index contributed by atoms with van der Waals surface area (Å²) < 4.78 is 40.0. The van der Waals surface area contributed by atoms with Gasteiger partial charge in [0.2, 0.25) is 0 Å². The molecule has 0 fully saturated rings. The third kappa shape index (κ3) is 13.2. The summed E-state index contributed by atoms with van der Waals surface area (Å²) in [7, 11) is 0. The molecule has 1 atom stereocenters. The summed E-state index contributed by atoms with van der Waals surface area (Å²) in [6.07, 6.45) is 2.35. The van der Waals surface area contributed by atoms with Crippen LogP contribution >= 0.6 is 11.3 Å². The van der Waals surface area contributed by atoms with Crippen molar-refractivity contribution in [2.24, 2.45) is 5.73 Å². The second-order valence-corrected chi connectivity index (χ2v) is 16.1. The third-order valence-corrected chi connectivity index (χ3v) is 11.5. The van der Waals surface area contributed by atoms with E-state index in [1.54, 1.807) is 23.5 Å². The molecule has 7 rings (SSSR count). The van der Waals surface area contributed by atoms with Crippen LogP contribution in [0.5, 0.6) is 0 Å². The first-order chi connectivity index (χ1) is 29.9. The minimum Gasteiger partial charge on any atom is -0.384 e. The van der Waals surface area contributed by atoms with E-state index in [0.29, 0.717) is 32.4 Å². The molecule has 0 amide bonds. The van der Waals surface area contributed by atoms with Gasteiger partial charge in [-0.15, -0.1) is 11.3 Å². The van der Waals surface area contributed by atoms with Crippen molar-refractivity contribution in [2.75, 3.05) is 6.61 Å². The lowest BCUT2D eigenvalue weighted by Crippen LogP contribution is -2.39. The predicted octanol–water partition coefficient (Wildman–Crippen LogP) is 11.9. The van der Waals surface area contributed by atoms with E-state index in [9.17, 15) is 9.50 Å². The number of rotatable bonds is 22. The van der Waals surface area contributed by atoms with Crippen LogP contribution in [0.1, 0.15) is 62.8 Å². The van der Waals surface area contributed by atoms with Crippen LogP contribution in [0.4, 0.5) is 4.39 Å². The molecule has 8 heteroatoms. The van der Waals surface area contributed by atoms with E-state index in [-0.39, 0.29) is 32.2 Å². The molecule has 0 saturated carbocycles. The van der Waals surface area contributed by atoms with Gasteiger partial charge in [-0.3, -0.25) is 0 Å².